The van der Waals surface area contributed by atoms with Gasteiger partial charge in [-0.1, -0.05) is 25.1 Å². The van der Waals surface area contributed by atoms with Gasteiger partial charge in [0.15, 0.2) is 0 Å². The molecule has 0 aliphatic carbocycles. The van der Waals surface area contributed by atoms with E-state index in [4.69, 9.17) is 0 Å². The summed E-state index contributed by atoms with van der Waals surface area (Å²) in [4.78, 5) is 24.7. The van der Waals surface area contributed by atoms with Gasteiger partial charge in [-0.2, -0.15) is 13.2 Å². The van der Waals surface area contributed by atoms with Crippen LogP contribution in [0.15, 0.2) is 30.3 Å². The Bertz CT molecular complexity index is 518. The Morgan fingerprint density at radius 3 is 2.35 bits per heavy atom. The molecule has 23 heavy (non-hydrogen) atoms. The Balaban J connectivity index is 2.58. The zero-order valence-electron chi connectivity index (χ0n) is 13.2. The van der Waals surface area contributed by atoms with Crippen LogP contribution in [0.1, 0.15) is 37.0 Å². The number of carbonyl (C=O) groups excluding carboxylic acids is 2. The third-order valence-corrected chi connectivity index (χ3v) is 3.11. The van der Waals surface area contributed by atoms with Gasteiger partial charge in [-0.15, -0.1) is 0 Å². The van der Waals surface area contributed by atoms with Gasteiger partial charge in [-0.25, -0.2) is 0 Å². The highest BCUT2D eigenvalue weighted by atomic mass is 19.4. The van der Waals surface area contributed by atoms with Gasteiger partial charge in [-0.05, 0) is 25.5 Å². The highest BCUT2D eigenvalue weighted by molar-refractivity contribution is 5.94. The first-order valence-corrected chi connectivity index (χ1v) is 7.43. The largest absolute Gasteiger partial charge is 0.406 e. The number of hydrogen-bond donors (Lipinski definition) is 1. The number of nitrogens with one attached hydrogen (secondary N) is 1. The fourth-order valence-electron chi connectivity index (χ4n) is 2.12. The van der Waals surface area contributed by atoms with E-state index in [1.54, 1.807) is 44.2 Å². The van der Waals surface area contributed by atoms with Crippen LogP contribution in [0.5, 0.6) is 0 Å². The van der Waals surface area contributed by atoms with Gasteiger partial charge in [0.05, 0.1) is 0 Å². The number of nitrogens with zero attached hydrogens (tertiary/aromatic N) is 1. The molecule has 4 nitrogen and oxygen atoms in total. The fourth-order valence-corrected chi connectivity index (χ4v) is 2.12. The first-order chi connectivity index (χ1) is 10.7. The minimum absolute atomic E-state index is 0.0394. The predicted molar refractivity (Wildman–Crippen MR) is 80.9 cm³/mol. The van der Waals surface area contributed by atoms with Crippen molar-refractivity contribution in [2.75, 3.05) is 13.1 Å². The first-order valence-electron chi connectivity index (χ1n) is 7.43. The van der Waals surface area contributed by atoms with E-state index < -0.39 is 24.7 Å². The Hall–Kier alpha value is -2.05. The van der Waals surface area contributed by atoms with Crippen LogP contribution in [-0.4, -0.2) is 42.0 Å². The monoisotopic (exact) mass is 330 g/mol. The lowest BCUT2D eigenvalue weighted by molar-refractivity contribution is -0.161. The summed E-state index contributed by atoms with van der Waals surface area (Å²) >= 11 is 0. The summed E-state index contributed by atoms with van der Waals surface area (Å²) in [5, 5.41) is 2.62. The summed E-state index contributed by atoms with van der Waals surface area (Å²) in [6, 6.07) is 7.87. The predicted octanol–water partition coefficient (Wildman–Crippen LogP) is 3.00. The summed E-state index contributed by atoms with van der Waals surface area (Å²) in [7, 11) is 0. The van der Waals surface area contributed by atoms with E-state index in [2.05, 4.69) is 5.32 Å². The van der Waals surface area contributed by atoms with E-state index in [9.17, 15) is 22.8 Å². The van der Waals surface area contributed by atoms with Crippen molar-refractivity contribution in [3.8, 4) is 0 Å². The van der Waals surface area contributed by atoms with E-state index in [1.807, 2.05) is 0 Å². The number of carbonyl (C=O) groups is 2. The molecule has 1 rings (SSSR count). The van der Waals surface area contributed by atoms with Gasteiger partial charge < -0.3 is 10.2 Å². The highest BCUT2D eigenvalue weighted by Crippen LogP contribution is 2.17. The van der Waals surface area contributed by atoms with E-state index in [1.165, 1.54) is 0 Å². The van der Waals surface area contributed by atoms with Crippen LogP contribution in [-0.2, 0) is 4.79 Å². The summed E-state index contributed by atoms with van der Waals surface area (Å²) < 4.78 is 37.5. The molecule has 0 spiro atoms. The number of hydrogen-bond acceptors (Lipinski definition) is 2. The first kappa shape index (κ1) is 19.0. The van der Waals surface area contributed by atoms with Gasteiger partial charge in [0.25, 0.3) is 5.91 Å². The molecule has 0 unspecified atom stereocenters. The molecule has 0 saturated carbocycles. The third-order valence-electron chi connectivity index (χ3n) is 3.11. The molecule has 1 atom stereocenters. The zero-order chi connectivity index (χ0) is 17.5. The van der Waals surface area contributed by atoms with E-state index >= 15 is 0 Å². The van der Waals surface area contributed by atoms with Crippen molar-refractivity contribution in [2.45, 2.75) is 38.9 Å². The van der Waals surface area contributed by atoms with Crippen LogP contribution in [0, 0.1) is 0 Å². The van der Waals surface area contributed by atoms with Gasteiger partial charge in [0, 0.05) is 24.6 Å². The number of halogens is 3. The molecule has 7 heteroatoms. The maximum absolute atomic E-state index is 12.5. The summed E-state index contributed by atoms with van der Waals surface area (Å²) in [5.41, 5.74) is 0.438. The molecule has 0 heterocycles. The van der Waals surface area contributed by atoms with Gasteiger partial charge in [0.1, 0.15) is 6.54 Å². The molecule has 2 amide bonds. The van der Waals surface area contributed by atoms with E-state index in [-0.39, 0.29) is 18.9 Å². The maximum atomic E-state index is 12.5. The minimum atomic E-state index is -4.43. The van der Waals surface area contributed by atoms with Crippen molar-refractivity contribution in [2.24, 2.45) is 0 Å². The molecular formula is C16H21F3N2O2. The van der Waals surface area contributed by atoms with Crippen LogP contribution >= 0.6 is 0 Å². The lowest BCUT2D eigenvalue weighted by atomic mass is 10.1. The Morgan fingerprint density at radius 2 is 1.83 bits per heavy atom. The number of rotatable bonds is 7. The molecule has 0 radical (unpaired) electrons. The Labute approximate surface area is 133 Å². The van der Waals surface area contributed by atoms with Crippen molar-refractivity contribution in [1.82, 2.24) is 10.2 Å². The molecule has 0 aliphatic heterocycles. The molecule has 128 valence electrons. The van der Waals surface area contributed by atoms with Crippen LogP contribution in [0.2, 0.25) is 0 Å². The van der Waals surface area contributed by atoms with E-state index in [0.717, 1.165) is 4.90 Å². The average molecular weight is 330 g/mol. The minimum Gasteiger partial charge on any atom is -0.349 e. The van der Waals surface area contributed by atoms with Crippen LogP contribution < -0.4 is 5.32 Å². The quantitative estimate of drug-likeness (QED) is 0.835. The van der Waals surface area contributed by atoms with Gasteiger partial charge >= 0.3 is 6.18 Å². The van der Waals surface area contributed by atoms with Crippen LogP contribution in [0.3, 0.4) is 0 Å². The Kier molecular flexibility index (Phi) is 7.06. The molecule has 1 N–H and O–H groups in total. The summed E-state index contributed by atoms with van der Waals surface area (Å²) in [5.74, 6) is -0.978. The smallest absolute Gasteiger partial charge is 0.349 e. The van der Waals surface area contributed by atoms with Gasteiger partial charge in [0.2, 0.25) is 5.91 Å². The molecule has 0 aliphatic rings. The maximum Gasteiger partial charge on any atom is 0.406 e. The van der Waals surface area contributed by atoms with Crippen LogP contribution in [0.4, 0.5) is 13.2 Å². The molecule has 0 bridgehead atoms. The molecule has 1 aromatic rings. The van der Waals surface area contributed by atoms with Crippen molar-refractivity contribution >= 4 is 11.8 Å². The second-order valence-corrected chi connectivity index (χ2v) is 5.38. The summed E-state index contributed by atoms with van der Waals surface area (Å²) in [6.07, 6.45) is -4.16. The Morgan fingerprint density at radius 1 is 1.22 bits per heavy atom. The van der Waals surface area contributed by atoms with Gasteiger partial charge in [-0.3, -0.25) is 9.59 Å². The van der Waals surface area contributed by atoms with Crippen molar-refractivity contribution in [3.63, 3.8) is 0 Å². The third kappa shape index (κ3) is 7.17. The lowest BCUT2D eigenvalue weighted by Gasteiger charge is -2.25. The standard InChI is InChI=1S/C16H21F3N2O2/c1-3-9-21(11-16(17,18)19)14(22)10-12(2)20-15(23)13-7-5-4-6-8-13/h4-8,12H,3,9-11H2,1-2H3,(H,20,23)/t12-/m0/s1. The number of alkyl halides is 3. The van der Waals surface area contributed by atoms with E-state index in [0.29, 0.717) is 12.0 Å². The molecule has 1 aromatic carbocycles. The lowest BCUT2D eigenvalue weighted by Crippen LogP contribution is -2.43. The second-order valence-electron chi connectivity index (χ2n) is 5.38. The summed E-state index contributed by atoms with van der Waals surface area (Å²) in [6.45, 7) is 2.07. The number of benzene rings is 1. The average Bonchev–Trinajstić information content (AvgIpc) is 2.46. The van der Waals surface area contributed by atoms with Crippen molar-refractivity contribution in [3.05, 3.63) is 35.9 Å². The molecular weight excluding hydrogens is 309 g/mol. The number of amides is 2. The molecule has 0 saturated heterocycles. The second kappa shape index (κ2) is 8.55. The van der Waals surface area contributed by atoms with Crippen LogP contribution in [0.25, 0.3) is 0 Å². The molecule has 0 aromatic heterocycles. The zero-order valence-corrected chi connectivity index (χ0v) is 13.2. The topological polar surface area (TPSA) is 49.4 Å². The SMILES string of the molecule is CCCN(CC(F)(F)F)C(=O)C[C@H](C)NC(=O)c1ccccc1. The normalized spacial score (nSPS) is 12.6. The van der Waals surface area contributed by atoms with Crippen molar-refractivity contribution < 1.29 is 22.8 Å². The highest BCUT2D eigenvalue weighted by Gasteiger charge is 2.32. The fraction of sp³-hybridized carbons (Fsp3) is 0.500. The molecule has 0 fully saturated rings. The van der Waals surface area contributed by atoms with Crippen molar-refractivity contribution in [1.29, 1.82) is 0 Å².